The summed E-state index contributed by atoms with van der Waals surface area (Å²) in [6, 6.07) is 4.63. The van der Waals surface area contributed by atoms with Crippen molar-refractivity contribution in [2.24, 2.45) is 0 Å². The van der Waals surface area contributed by atoms with E-state index in [1.165, 1.54) is 12.1 Å². The van der Waals surface area contributed by atoms with Crippen LogP contribution in [-0.4, -0.2) is 18.6 Å². The Morgan fingerprint density at radius 1 is 1.41 bits per heavy atom. The summed E-state index contributed by atoms with van der Waals surface area (Å²) in [6.45, 7) is 1.67. The molecule has 0 radical (unpaired) electrons. The highest BCUT2D eigenvalue weighted by atomic mass is 19.1. The number of aromatic nitrogens is 1. The summed E-state index contributed by atoms with van der Waals surface area (Å²) in [6.07, 6.45) is 0.859. The number of pyridine rings is 1. The van der Waals surface area contributed by atoms with E-state index in [1.54, 1.807) is 13.2 Å². The molecular weight excluding hydrogens is 219 g/mol. The fourth-order valence-electron chi connectivity index (χ4n) is 2.34. The molecule has 1 aliphatic heterocycles. The summed E-state index contributed by atoms with van der Waals surface area (Å²) in [5, 5.41) is 4.17. The molecule has 2 aromatic rings. The predicted molar refractivity (Wildman–Crippen MR) is 63.7 cm³/mol. The number of ether oxygens (including phenoxy) is 1. The standard InChI is InChI=1S/C13H13FN2O/c1-17-13-9-3-2-8(14)6-12(9)16-11-4-5-15-7-10(11)13/h2-3,6,15H,4-5,7H2,1H3. The lowest BCUT2D eigenvalue weighted by Crippen LogP contribution is -2.25. The minimum Gasteiger partial charge on any atom is -0.496 e. The van der Waals surface area contributed by atoms with E-state index in [4.69, 9.17) is 4.74 Å². The predicted octanol–water partition coefficient (Wildman–Crippen LogP) is 2.03. The topological polar surface area (TPSA) is 34.1 Å². The van der Waals surface area contributed by atoms with E-state index in [1.807, 2.05) is 0 Å². The summed E-state index contributed by atoms with van der Waals surface area (Å²) in [4.78, 5) is 4.53. The molecule has 17 heavy (non-hydrogen) atoms. The number of rotatable bonds is 1. The lowest BCUT2D eigenvalue weighted by molar-refractivity contribution is 0.409. The molecule has 1 aliphatic rings. The number of benzene rings is 1. The molecule has 2 heterocycles. The van der Waals surface area contributed by atoms with Crippen LogP contribution in [0.1, 0.15) is 11.3 Å². The zero-order valence-electron chi connectivity index (χ0n) is 9.59. The number of fused-ring (bicyclic) bond motifs is 2. The largest absolute Gasteiger partial charge is 0.496 e. The number of hydrogen-bond donors (Lipinski definition) is 1. The highest BCUT2D eigenvalue weighted by Crippen LogP contribution is 2.32. The molecule has 0 atom stereocenters. The van der Waals surface area contributed by atoms with Crippen LogP contribution in [-0.2, 0) is 13.0 Å². The normalized spacial score (nSPS) is 14.7. The third-order valence-corrected chi connectivity index (χ3v) is 3.13. The molecular formula is C13H13FN2O. The highest BCUT2D eigenvalue weighted by molar-refractivity contribution is 5.87. The smallest absolute Gasteiger partial charge is 0.134 e. The number of nitrogens with one attached hydrogen (secondary N) is 1. The van der Waals surface area contributed by atoms with Crippen LogP contribution >= 0.6 is 0 Å². The fourth-order valence-corrected chi connectivity index (χ4v) is 2.34. The summed E-state index contributed by atoms with van der Waals surface area (Å²) in [5.74, 6) is 0.554. The average molecular weight is 232 g/mol. The van der Waals surface area contributed by atoms with Gasteiger partial charge < -0.3 is 10.1 Å². The molecule has 0 bridgehead atoms. The van der Waals surface area contributed by atoms with Crippen molar-refractivity contribution >= 4 is 10.9 Å². The van der Waals surface area contributed by atoms with Crippen LogP contribution in [0.4, 0.5) is 4.39 Å². The third-order valence-electron chi connectivity index (χ3n) is 3.13. The van der Waals surface area contributed by atoms with Gasteiger partial charge in [0.1, 0.15) is 11.6 Å². The molecule has 0 saturated heterocycles. The minimum absolute atomic E-state index is 0.263. The zero-order valence-corrected chi connectivity index (χ0v) is 9.59. The Bertz CT molecular complexity index is 583. The maximum absolute atomic E-state index is 13.2. The Morgan fingerprint density at radius 3 is 3.12 bits per heavy atom. The molecule has 0 spiro atoms. The van der Waals surface area contributed by atoms with Gasteiger partial charge in [0.25, 0.3) is 0 Å². The van der Waals surface area contributed by atoms with Crippen LogP contribution in [0, 0.1) is 5.82 Å². The van der Waals surface area contributed by atoms with Gasteiger partial charge in [0, 0.05) is 36.5 Å². The van der Waals surface area contributed by atoms with Gasteiger partial charge in [-0.3, -0.25) is 4.98 Å². The molecule has 3 rings (SSSR count). The maximum atomic E-state index is 13.2. The molecule has 0 saturated carbocycles. The van der Waals surface area contributed by atoms with E-state index < -0.39 is 0 Å². The van der Waals surface area contributed by atoms with Crippen molar-refractivity contribution in [2.45, 2.75) is 13.0 Å². The van der Waals surface area contributed by atoms with E-state index in [2.05, 4.69) is 10.3 Å². The molecule has 4 heteroatoms. The number of hydrogen-bond acceptors (Lipinski definition) is 3. The van der Waals surface area contributed by atoms with Gasteiger partial charge in [-0.25, -0.2) is 4.39 Å². The van der Waals surface area contributed by atoms with E-state index in [0.29, 0.717) is 5.52 Å². The van der Waals surface area contributed by atoms with Crippen molar-refractivity contribution in [1.82, 2.24) is 10.3 Å². The molecule has 88 valence electrons. The molecule has 1 aromatic carbocycles. The van der Waals surface area contributed by atoms with Gasteiger partial charge in [-0.1, -0.05) is 0 Å². The van der Waals surface area contributed by atoms with E-state index >= 15 is 0 Å². The van der Waals surface area contributed by atoms with Crippen LogP contribution in [0.15, 0.2) is 18.2 Å². The lowest BCUT2D eigenvalue weighted by atomic mass is 10.0. The summed E-state index contributed by atoms with van der Waals surface area (Å²) in [7, 11) is 1.65. The van der Waals surface area contributed by atoms with Crippen LogP contribution in [0.5, 0.6) is 5.75 Å². The third kappa shape index (κ3) is 1.65. The van der Waals surface area contributed by atoms with Crippen LogP contribution in [0.25, 0.3) is 10.9 Å². The van der Waals surface area contributed by atoms with Gasteiger partial charge >= 0.3 is 0 Å². The van der Waals surface area contributed by atoms with Gasteiger partial charge in [-0.15, -0.1) is 0 Å². The van der Waals surface area contributed by atoms with Gasteiger partial charge in [0.2, 0.25) is 0 Å². The van der Waals surface area contributed by atoms with Gasteiger partial charge in [-0.2, -0.15) is 0 Å². The molecule has 0 fully saturated rings. The van der Waals surface area contributed by atoms with Crippen molar-refractivity contribution in [3.63, 3.8) is 0 Å². The number of nitrogens with zero attached hydrogens (tertiary/aromatic N) is 1. The first-order valence-electron chi connectivity index (χ1n) is 5.65. The highest BCUT2D eigenvalue weighted by Gasteiger charge is 2.18. The molecule has 3 nitrogen and oxygen atoms in total. The van der Waals surface area contributed by atoms with Gasteiger partial charge in [0.05, 0.1) is 18.3 Å². The lowest BCUT2D eigenvalue weighted by Gasteiger charge is -2.20. The Hall–Kier alpha value is -1.68. The SMILES string of the molecule is COc1c2c(nc3cc(F)ccc13)CCNC2. The monoisotopic (exact) mass is 232 g/mol. The second-order valence-electron chi connectivity index (χ2n) is 4.16. The number of methoxy groups -OCH3 is 1. The van der Waals surface area contributed by atoms with Crippen molar-refractivity contribution in [1.29, 1.82) is 0 Å². The van der Waals surface area contributed by atoms with Crippen molar-refractivity contribution in [3.8, 4) is 5.75 Å². The van der Waals surface area contributed by atoms with Crippen molar-refractivity contribution in [2.75, 3.05) is 13.7 Å². The van der Waals surface area contributed by atoms with Gasteiger partial charge in [-0.05, 0) is 12.1 Å². The van der Waals surface area contributed by atoms with E-state index in [9.17, 15) is 4.39 Å². The quantitative estimate of drug-likeness (QED) is 0.816. The molecule has 0 amide bonds. The van der Waals surface area contributed by atoms with Crippen molar-refractivity contribution < 1.29 is 9.13 Å². The van der Waals surface area contributed by atoms with Gasteiger partial charge in [0.15, 0.2) is 0 Å². The maximum Gasteiger partial charge on any atom is 0.134 e. The Kier molecular flexibility index (Phi) is 2.44. The summed E-state index contributed by atoms with van der Waals surface area (Å²) >= 11 is 0. The first-order valence-corrected chi connectivity index (χ1v) is 5.65. The van der Waals surface area contributed by atoms with Crippen LogP contribution in [0.3, 0.4) is 0 Å². The second-order valence-corrected chi connectivity index (χ2v) is 4.16. The molecule has 1 aromatic heterocycles. The second kappa shape index (κ2) is 3.96. The van der Waals surface area contributed by atoms with E-state index in [-0.39, 0.29) is 5.82 Å². The molecule has 0 unspecified atom stereocenters. The van der Waals surface area contributed by atoms with Crippen LogP contribution < -0.4 is 10.1 Å². The first kappa shape index (κ1) is 10.5. The molecule has 0 aliphatic carbocycles. The minimum atomic E-state index is -0.263. The Balaban J connectivity index is 2.34. The van der Waals surface area contributed by atoms with Crippen LogP contribution in [0.2, 0.25) is 0 Å². The number of halogens is 1. The van der Waals surface area contributed by atoms with Crippen molar-refractivity contribution in [3.05, 3.63) is 35.3 Å². The first-order chi connectivity index (χ1) is 8.29. The summed E-state index contributed by atoms with van der Waals surface area (Å²) in [5.41, 5.74) is 2.78. The average Bonchev–Trinajstić information content (AvgIpc) is 2.35. The Morgan fingerprint density at radius 2 is 2.29 bits per heavy atom. The fraction of sp³-hybridized carbons (Fsp3) is 0.308. The van der Waals surface area contributed by atoms with E-state index in [0.717, 1.165) is 41.9 Å². The zero-order chi connectivity index (χ0) is 11.8. The summed E-state index contributed by atoms with van der Waals surface area (Å²) < 4.78 is 18.7. The Labute approximate surface area is 98.6 Å². The molecule has 1 N–H and O–H groups in total.